The topological polar surface area (TPSA) is 0 Å². The zero-order valence-electron chi connectivity index (χ0n) is 4.75. The van der Waals surface area contributed by atoms with Crippen LogP contribution in [0.5, 0.6) is 0 Å². The molecule has 0 aromatic heterocycles. The molecule has 0 fully saturated rings. The van der Waals surface area contributed by atoms with Crippen molar-refractivity contribution in [3.05, 3.63) is 19.1 Å². The molecule has 0 bridgehead atoms. The fraction of sp³-hybridized carbons (Fsp3) is 0.400. The van der Waals surface area contributed by atoms with Gasteiger partial charge in [-0.15, -0.1) is 0 Å². The highest BCUT2D eigenvalue weighted by molar-refractivity contribution is 9.10. The molecule has 0 aromatic carbocycles. The predicted octanol–water partition coefficient (Wildman–Crippen LogP) is 3.27. The molecule has 59 valence electrons. The third kappa shape index (κ3) is 2.50. The van der Waals surface area contributed by atoms with E-state index in [1.807, 2.05) is 0 Å². The van der Waals surface area contributed by atoms with Gasteiger partial charge in [0.1, 0.15) is 0 Å². The lowest BCUT2D eigenvalue weighted by molar-refractivity contribution is 0.0218. The minimum absolute atomic E-state index is 0.462. The van der Waals surface area contributed by atoms with E-state index in [1.54, 1.807) is 15.9 Å². The molecule has 10 heavy (non-hydrogen) atoms. The fourth-order valence-corrected chi connectivity index (χ4v) is 0.464. The van der Waals surface area contributed by atoms with Gasteiger partial charge in [-0.2, -0.15) is 8.78 Å². The Morgan fingerprint density at radius 3 is 1.90 bits per heavy atom. The maximum atomic E-state index is 12.4. The SMILES string of the molecule is [CH2]C=CC(F)(Cl)C(F)(F)Br. The Morgan fingerprint density at radius 1 is 1.40 bits per heavy atom. The standard InChI is InChI=1S/C5H4BrClF3/c1-2-3-4(7,8)5(6,9)10/h2-3H,1H2. The molecule has 0 N–H and O–H groups in total. The average molecular weight is 236 g/mol. The van der Waals surface area contributed by atoms with Crippen molar-refractivity contribution in [1.82, 2.24) is 0 Å². The molecule has 0 saturated heterocycles. The Hall–Kier alpha value is 0.300. The van der Waals surface area contributed by atoms with Crippen molar-refractivity contribution in [2.24, 2.45) is 0 Å². The molecule has 1 radical (unpaired) electrons. The first-order chi connectivity index (χ1) is 4.31. The Kier molecular flexibility index (Phi) is 3.23. The summed E-state index contributed by atoms with van der Waals surface area (Å²) in [6.07, 6.45) is 1.32. The highest BCUT2D eigenvalue weighted by atomic mass is 79.9. The van der Waals surface area contributed by atoms with Crippen molar-refractivity contribution < 1.29 is 13.2 Å². The van der Waals surface area contributed by atoms with E-state index in [0.717, 1.165) is 6.08 Å². The summed E-state index contributed by atoms with van der Waals surface area (Å²) in [4.78, 5) is -3.77. The summed E-state index contributed by atoms with van der Waals surface area (Å²) < 4.78 is 36.5. The largest absolute Gasteiger partial charge is 0.352 e. The average Bonchev–Trinajstić information content (AvgIpc) is 1.61. The summed E-state index contributed by atoms with van der Waals surface area (Å²) in [7, 11) is 0. The van der Waals surface area contributed by atoms with Gasteiger partial charge < -0.3 is 0 Å². The van der Waals surface area contributed by atoms with Gasteiger partial charge in [-0.05, 0) is 28.9 Å². The third-order valence-corrected chi connectivity index (χ3v) is 1.87. The van der Waals surface area contributed by atoms with Crippen LogP contribution < -0.4 is 0 Å². The van der Waals surface area contributed by atoms with Gasteiger partial charge in [-0.25, -0.2) is 4.39 Å². The van der Waals surface area contributed by atoms with E-state index >= 15 is 0 Å². The van der Waals surface area contributed by atoms with Crippen molar-refractivity contribution in [2.75, 3.05) is 0 Å². The first-order valence-corrected chi connectivity index (χ1v) is 3.40. The lowest BCUT2D eigenvalue weighted by Gasteiger charge is -2.18. The van der Waals surface area contributed by atoms with Crippen molar-refractivity contribution in [3.8, 4) is 0 Å². The van der Waals surface area contributed by atoms with Gasteiger partial charge >= 0.3 is 4.83 Å². The summed E-state index contributed by atoms with van der Waals surface area (Å²) in [5, 5.41) is -3.20. The highest BCUT2D eigenvalue weighted by Crippen LogP contribution is 2.42. The smallest absolute Gasteiger partial charge is 0.214 e. The predicted molar refractivity (Wildman–Crippen MR) is 38.1 cm³/mol. The summed E-state index contributed by atoms with van der Waals surface area (Å²) in [6.45, 7) is 3.03. The second-order valence-corrected chi connectivity index (χ2v) is 3.07. The maximum Gasteiger partial charge on any atom is 0.352 e. The van der Waals surface area contributed by atoms with Gasteiger partial charge in [0, 0.05) is 0 Å². The zero-order valence-corrected chi connectivity index (χ0v) is 7.09. The van der Waals surface area contributed by atoms with E-state index in [-0.39, 0.29) is 0 Å². The molecular formula is C5H4BrClF3. The molecule has 5 heteroatoms. The van der Waals surface area contributed by atoms with Crippen molar-refractivity contribution in [1.29, 1.82) is 0 Å². The maximum absolute atomic E-state index is 12.4. The number of allylic oxidation sites excluding steroid dienone is 2. The molecule has 0 nitrogen and oxygen atoms in total. The Morgan fingerprint density at radius 2 is 1.80 bits per heavy atom. The number of hydrogen-bond acceptors (Lipinski definition) is 0. The van der Waals surface area contributed by atoms with Gasteiger partial charge in [0.2, 0.25) is 0 Å². The minimum Gasteiger partial charge on any atom is -0.214 e. The summed E-state index contributed by atoms with van der Waals surface area (Å²) in [5.41, 5.74) is 0. The highest BCUT2D eigenvalue weighted by Gasteiger charge is 2.49. The lowest BCUT2D eigenvalue weighted by atomic mass is 10.3. The van der Waals surface area contributed by atoms with E-state index in [2.05, 4.69) is 6.92 Å². The van der Waals surface area contributed by atoms with Crippen molar-refractivity contribution in [2.45, 2.75) is 9.96 Å². The second kappa shape index (κ2) is 3.13. The van der Waals surface area contributed by atoms with Crippen LogP contribution in [-0.4, -0.2) is 9.96 Å². The van der Waals surface area contributed by atoms with Crippen LogP contribution in [0, 0.1) is 6.92 Å². The zero-order chi connectivity index (χ0) is 8.41. The molecule has 0 heterocycles. The molecule has 0 aliphatic carbocycles. The normalized spacial score (nSPS) is 19.4. The van der Waals surface area contributed by atoms with Crippen LogP contribution in [0.1, 0.15) is 0 Å². The molecule has 0 aliphatic heterocycles. The quantitative estimate of drug-likeness (QED) is 0.646. The number of alkyl halides is 5. The molecule has 0 aromatic rings. The van der Waals surface area contributed by atoms with E-state index in [1.165, 1.54) is 0 Å². The van der Waals surface area contributed by atoms with Gasteiger partial charge in [0.15, 0.2) is 0 Å². The van der Waals surface area contributed by atoms with Crippen LogP contribution in [0.15, 0.2) is 12.2 Å². The second-order valence-electron chi connectivity index (χ2n) is 1.52. The monoisotopic (exact) mass is 235 g/mol. The van der Waals surface area contributed by atoms with E-state index in [9.17, 15) is 13.2 Å². The van der Waals surface area contributed by atoms with E-state index < -0.39 is 9.96 Å². The van der Waals surface area contributed by atoms with E-state index in [0.29, 0.717) is 6.08 Å². The molecule has 0 amide bonds. The minimum atomic E-state index is -3.77. The Balaban J connectivity index is 4.40. The van der Waals surface area contributed by atoms with Crippen LogP contribution in [0.3, 0.4) is 0 Å². The van der Waals surface area contributed by atoms with Crippen molar-refractivity contribution >= 4 is 27.5 Å². The van der Waals surface area contributed by atoms with Crippen LogP contribution >= 0.6 is 27.5 Å². The molecule has 1 atom stereocenters. The van der Waals surface area contributed by atoms with Gasteiger partial charge in [0.05, 0.1) is 0 Å². The van der Waals surface area contributed by atoms with Crippen LogP contribution in [0.2, 0.25) is 0 Å². The van der Waals surface area contributed by atoms with Crippen LogP contribution in [0.25, 0.3) is 0 Å². The number of hydrogen-bond donors (Lipinski definition) is 0. The molecule has 0 spiro atoms. The molecule has 0 rings (SSSR count). The molecular weight excluding hydrogens is 232 g/mol. The molecule has 0 aliphatic rings. The summed E-state index contributed by atoms with van der Waals surface area (Å²) in [6, 6.07) is 0. The third-order valence-electron chi connectivity index (χ3n) is 0.705. The summed E-state index contributed by atoms with van der Waals surface area (Å²) >= 11 is 6.50. The first-order valence-electron chi connectivity index (χ1n) is 2.23. The van der Waals surface area contributed by atoms with Crippen molar-refractivity contribution in [3.63, 3.8) is 0 Å². The Bertz CT molecular complexity index is 138. The van der Waals surface area contributed by atoms with Gasteiger partial charge in [-0.1, -0.05) is 17.7 Å². The molecule has 1 unspecified atom stereocenters. The van der Waals surface area contributed by atoms with Crippen LogP contribution in [-0.2, 0) is 0 Å². The summed E-state index contributed by atoms with van der Waals surface area (Å²) in [5.74, 6) is 0. The van der Waals surface area contributed by atoms with Gasteiger partial charge in [0.25, 0.3) is 5.13 Å². The number of rotatable bonds is 2. The van der Waals surface area contributed by atoms with E-state index in [4.69, 9.17) is 11.6 Å². The Labute approximate surface area is 70.2 Å². The fourth-order valence-electron chi connectivity index (χ4n) is 0.243. The first kappa shape index (κ1) is 10.3. The van der Waals surface area contributed by atoms with Gasteiger partial charge in [-0.3, -0.25) is 0 Å². The molecule has 0 saturated carbocycles. The lowest BCUT2D eigenvalue weighted by Crippen LogP contribution is -2.31. The van der Waals surface area contributed by atoms with Crippen LogP contribution in [0.4, 0.5) is 13.2 Å². The number of halogens is 5.